The summed E-state index contributed by atoms with van der Waals surface area (Å²) in [5.74, 6) is -0.948. The number of carbonyl (C=O) groups is 1. The molecule has 2 heterocycles. The highest BCUT2D eigenvalue weighted by molar-refractivity contribution is 5.77. The van der Waals surface area contributed by atoms with Crippen LogP contribution < -0.4 is 0 Å². The van der Waals surface area contributed by atoms with Crippen molar-refractivity contribution in [1.29, 1.82) is 0 Å². The number of epoxide rings is 1. The van der Waals surface area contributed by atoms with Gasteiger partial charge in [0, 0.05) is 0 Å². The van der Waals surface area contributed by atoms with E-state index in [0.717, 1.165) is 5.56 Å². The first-order valence-electron chi connectivity index (χ1n) is 6.48. The molecule has 2 aliphatic rings. The van der Waals surface area contributed by atoms with Crippen LogP contribution in [0.5, 0.6) is 0 Å². The first kappa shape index (κ1) is 12.6. The molecule has 0 unspecified atom stereocenters. The fraction of sp³-hybridized carbons (Fsp3) is 0.500. The molecule has 1 aromatic carbocycles. The number of esters is 1. The van der Waals surface area contributed by atoms with Crippen LogP contribution in [-0.2, 0) is 25.7 Å². The Bertz CT molecular complexity index is 478. The fourth-order valence-corrected chi connectivity index (χ4v) is 2.45. The van der Waals surface area contributed by atoms with Gasteiger partial charge in [-0.2, -0.15) is 5.06 Å². The molecule has 0 saturated carbocycles. The van der Waals surface area contributed by atoms with Crippen LogP contribution in [0, 0.1) is 0 Å². The highest BCUT2D eigenvalue weighted by Gasteiger charge is 2.69. The van der Waals surface area contributed by atoms with Crippen molar-refractivity contribution in [1.82, 2.24) is 5.06 Å². The van der Waals surface area contributed by atoms with E-state index < -0.39 is 11.8 Å². The lowest BCUT2D eigenvalue weighted by Gasteiger charge is -2.24. The molecule has 2 saturated heterocycles. The van der Waals surface area contributed by atoms with E-state index in [1.807, 2.05) is 37.3 Å². The molecule has 0 radical (unpaired) electrons. The van der Waals surface area contributed by atoms with Gasteiger partial charge in [0.05, 0.1) is 13.2 Å². The first-order valence-corrected chi connectivity index (χ1v) is 6.48. The highest BCUT2D eigenvalue weighted by atomic mass is 16.9. The van der Waals surface area contributed by atoms with Crippen molar-refractivity contribution >= 4 is 5.97 Å². The standard InChI is InChI=1S/C14H17NO4/c1-3-17-13(16)11-12-14(2,18-12)19-15(11)9-10-7-5-4-6-8-10/h4-8,11-12H,3,9H2,1-2H3/t11-,12-,14+/m1/s1. The van der Waals surface area contributed by atoms with Crippen LogP contribution in [0.15, 0.2) is 30.3 Å². The number of carbonyl (C=O) groups excluding carboxylic acids is 1. The average Bonchev–Trinajstić information content (AvgIpc) is 2.94. The highest BCUT2D eigenvalue weighted by Crippen LogP contribution is 2.48. The summed E-state index contributed by atoms with van der Waals surface area (Å²) in [6, 6.07) is 9.40. The summed E-state index contributed by atoms with van der Waals surface area (Å²) in [6.45, 7) is 4.54. The van der Waals surface area contributed by atoms with E-state index in [-0.39, 0.29) is 12.1 Å². The number of ether oxygens (including phenoxy) is 2. The monoisotopic (exact) mass is 263 g/mol. The van der Waals surface area contributed by atoms with E-state index >= 15 is 0 Å². The van der Waals surface area contributed by atoms with Gasteiger partial charge < -0.3 is 9.47 Å². The molecule has 0 bridgehead atoms. The van der Waals surface area contributed by atoms with Gasteiger partial charge in [0.25, 0.3) is 0 Å². The maximum absolute atomic E-state index is 12.0. The Kier molecular flexibility index (Phi) is 3.05. The number of hydrogen-bond donors (Lipinski definition) is 0. The summed E-state index contributed by atoms with van der Waals surface area (Å²) in [6.07, 6.45) is -0.227. The molecule has 1 aromatic rings. The number of hydroxylamine groups is 2. The predicted octanol–water partition coefficient (Wildman–Crippen LogP) is 1.48. The molecule has 5 heteroatoms. The van der Waals surface area contributed by atoms with Crippen LogP contribution in [0.1, 0.15) is 19.4 Å². The molecule has 2 aliphatic heterocycles. The lowest BCUT2D eigenvalue weighted by Crippen LogP contribution is -2.41. The minimum absolute atomic E-state index is 0.227. The van der Waals surface area contributed by atoms with Crippen molar-refractivity contribution in [2.75, 3.05) is 6.61 Å². The molecule has 3 atom stereocenters. The van der Waals surface area contributed by atoms with Gasteiger partial charge >= 0.3 is 5.97 Å². The summed E-state index contributed by atoms with van der Waals surface area (Å²) in [5, 5.41) is 1.67. The average molecular weight is 263 g/mol. The van der Waals surface area contributed by atoms with E-state index in [1.165, 1.54) is 0 Å². The minimum Gasteiger partial charge on any atom is -0.465 e. The summed E-state index contributed by atoms with van der Waals surface area (Å²) in [4.78, 5) is 17.7. The van der Waals surface area contributed by atoms with Crippen LogP contribution in [0.3, 0.4) is 0 Å². The van der Waals surface area contributed by atoms with Crippen molar-refractivity contribution < 1.29 is 19.1 Å². The number of benzene rings is 1. The zero-order valence-corrected chi connectivity index (χ0v) is 11.0. The Morgan fingerprint density at radius 1 is 1.42 bits per heavy atom. The van der Waals surface area contributed by atoms with Gasteiger partial charge in [-0.1, -0.05) is 30.3 Å². The molecule has 0 N–H and O–H groups in total. The van der Waals surface area contributed by atoms with E-state index in [9.17, 15) is 4.79 Å². The van der Waals surface area contributed by atoms with E-state index in [4.69, 9.17) is 14.3 Å². The largest absolute Gasteiger partial charge is 0.465 e. The maximum Gasteiger partial charge on any atom is 0.328 e. The zero-order valence-electron chi connectivity index (χ0n) is 11.0. The Morgan fingerprint density at radius 2 is 2.16 bits per heavy atom. The number of hydrogen-bond acceptors (Lipinski definition) is 5. The smallest absolute Gasteiger partial charge is 0.328 e. The van der Waals surface area contributed by atoms with E-state index in [0.29, 0.717) is 13.2 Å². The van der Waals surface area contributed by atoms with Gasteiger partial charge in [0.2, 0.25) is 5.79 Å². The number of nitrogens with zero attached hydrogens (tertiary/aromatic N) is 1. The van der Waals surface area contributed by atoms with Crippen LogP contribution >= 0.6 is 0 Å². The van der Waals surface area contributed by atoms with E-state index in [2.05, 4.69) is 0 Å². The molecule has 19 heavy (non-hydrogen) atoms. The molecule has 0 spiro atoms. The molecular weight excluding hydrogens is 246 g/mol. The fourth-order valence-electron chi connectivity index (χ4n) is 2.45. The van der Waals surface area contributed by atoms with Crippen LogP contribution in [0.2, 0.25) is 0 Å². The molecule has 0 aliphatic carbocycles. The third kappa shape index (κ3) is 2.25. The third-order valence-electron chi connectivity index (χ3n) is 3.43. The minimum atomic E-state index is -0.661. The Labute approximate surface area is 112 Å². The van der Waals surface area contributed by atoms with Gasteiger partial charge in [-0.05, 0) is 19.4 Å². The van der Waals surface area contributed by atoms with Gasteiger partial charge in [-0.25, -0.2) is 0 Å². The molecule has 102 valence electrons. The van der Waals surface area contributed by atoms with Gasteiger partial charge in [-0.3, -0.25) is 9.63 Å². The normalized spacial score (nSPS) is 32.9. The van der Waals surface area contributed by atoms with Crippen molar-refractivity contribution in [3.63, 3.8) is 0 Å². The maximum atomic E-state index is 12.0. The van der Waals surface area contributed by atoms with Crippen molar-refractivity contribution in [3.05, 3.63) is 35.9 Å². The van der Waals surface area contributed by atoms with E-state index in [1.54, 1.807) is 12.0 Å². The van der Waals surface area contributed by atoms with Crippen molar-refractivity contribution in [3.8, 4) is 0 Å². The zero-order chi connectivity index (χ0) is 13.5. The van der Waals surface area contributed by atoms with Crippen LogP contribution in [0.4, 0.5) is 0 Å². The summed E-state index contributed by atoms with van der Waals surface area (Å²) >= 11 is 0. The Hall–Kier alpha value is -1.43. The van der Waals surface area contributed by atoms with Crippen molar-refractivity contribution in [2.45, 2.75) is 38.3 Å². The van der Waals surface area contributed by atoms with Crippen molar-refractivity contribution in [2.24, 2.45) is 0 Å². The van der Waals surface area contributed by atoms with Crippen LogP contribution in [0.25, 0.3) is 0 Å². The SMILES string of the molecule is CCOC(=O)[C@H]1[C@H]2O[C@@]2(C)ON1Cc1ccccc1. The summed E-state index contributed by atoms with van der Waals surface area (Å²) in [5.41, 5.74) is 1.08. The van der Waals surface area contributed by atoms with Gasteiger partial charge in [0.15, 0.2) is 6.04 Å². The second kappa shape index (κ2) is 4.59. The third-order valence-corrected chi connectivity index (χ3v) is 3.43. The second-order valence-electron chi connectivity index (χ2n) is 4.90. The van der Waals surface area contributed by atoms with Crippen LogP contribution in [-0.4, -0.2) is 35.6 Å². The summed E-state index contributed by atoms with van der Waals surface area (Å²) in [7, 11) is 0. The lowest BCUT2D eigenvalue weighted by atomic mass is 10.1. The predicted molar refractivity (Wildman–Crippen MR) is 66.8 cm³/mol. The summed E-state index contributed by atoms with van der Waals surface area (Å²) < 4.78 is 10.5. The number of rotatable bonds is 4. The molecule has 5 nitrogen and oxygen atoms in total. The molecule has 2 fully saturated rings. The Balaban J connectivity index is 1.75. The molecular formula is C14H17NO4. The lowest BCUT2D eigenvalue weighted by molar-refractivity contribution is -0.247. The molecule has 3 rings (SSSR count). The Morgan fingerprint density at radius 3 is 2.84 bits per heavy atom. The van der Waals surface area contributed by atoms with Gasteiger partial charge in [0.1, 0.15) is 6.10 Å². The molecule has 0 amide bonds. The number of fused-ring (bicyclic) bond motifs is 1. The first-order chi connectivity index (χ1) is 9.14. The topological polar surface area (TPSA) is 51.3 Å². The second-order valence-corrected chi connectivity index (χ2v) is 4.90. The molecule has 0 aromatic heterocycles. The van der Waals surface area contributed by atoms with Gasteiger partial charge in [-0.15, -0.1) is 0 Å². The quantitative estimate of drug-likeness (QED) is 0.608.